The van der Waals surface area contributed by atoms with Gasteiger partial charge in [0.25, 0.3) is 0 Å². The third-order valence-corrected chi connectivity index (χ3v) is 4.35. The predicted molar refractivity (Wildman–Crippen MR) is 63.9 cm³/mol. The Balaban J connectivity index is 1.94. The molecule has 0 amide bonds. The number of aromatic nitrogens is 2. The predicted octanol–water partition coefficient (Wildman–Crippen LogP) is 1.24. The van der Waals surface area contributed by atoms with Crippen molar-refractivity contribution in [2.45, 2.75) is 17.9 Å². The lowest BCUT2D eigenvalue weighted by molar-refractivity contribution is 0.405. The van der Waals surface area contributed by atoms with Gasteiger partial charge in [-0.2, -0.15) is 0 Å². The van der Waals surface area contributed by atoms with Crippen LogP contribution in [0.2, 0.25) is 5.15 Å². The van der Waals surface area contributed by atoms with Gasteiger partial charge in [-0.3, -0.25) is 4.21 Å². The zero-order chi connectivity index (χ0) is 11.4. The van der Waals surface area contributed by atoms with Crippen molar-refractivity contribution in [1.29, 1.82) is 0 Å². The molecule has 0 saturated carbocycles. The minimum absolute atomic E-state index is 0.336. The van der Waals surface area contributed by atoms with E-state index in [1.165, 1.54) is 0 Å². The van der Waals surface area contributed by atoms with E-state index < -0.39 is 10.8 Å². The van der Waals surface area contributed by atoms with E-state index in [4.69, 9.17) is 11.6 Å². The Bertz CT molecular complexity index is 365. The Labute approximate surface area is 102 Å². The van der Waals surface area contributed by atoms with E-state index in [9.17, 15) is 4.21 Å². The van der Waals surface area contributed by atoms with Crippen molar-refractivity contribution < 1.29 is 4.21 Å². The maximum Gasteiger partial charge on any atom is 0.151 e. The highest BCUT2D eigenvalue weighted by atomic mass is 35.5. The largest absolute Gasteiger partial charge is 0.317 e. The van der Waals surface area contributed by atoms with Crippen LogP contribution in [0.5, 0.6) is 0 Å². The average Bonchev–Trinajstić information content (AvgIpc) is 2.31. The van der Waals surface area contributed by atoms with Gasteiger partial charge in [0.1, 0.15) is 5.03 Å². The molecule has 0 spiro atoms. The van der Waals surface area contributed by atoms with Crippen molar-refractivity contribution >= 4 is 22.4 Å². The molecule has 1 aliphatic heterocycles. The van der Waals surface area contributed by atoms with Crippen molar-refractivity contribution in [3.8, 4) is 0 Å². The van der Waals surface area contributed by atoms with E-state index >= 15 is 0 Å². The lowest BCUT2D eigenvalue weighted by atomic mass is 10.0. The Morgan fingerprint density at radius 3 is 2.75 bits per heavy atom. The van der Waals surface area contributed by atoms with Crippen LogP contribution in [0, 0.1) is 5.92 Å². The Hall–Kier alpha value is -0.520. The lowest BCUT2D eigenvalue weighted by Crippen LogP contribution is -2.30. The van der Waals surface area contributed by atoms with Crippen molar-refractivity contribution in [3.05, 3.63) is 17.3 Å². The second-order valence-corrected chi connectivity index (χ2v) is 5.73. The number of hydrogen-bond donors (Lipinski definition) is 1. The molecule has 0 bridgehead atoms. The molecule has 2 rings (SSSR count). The Morgan fingerprint density at radius 2 is 2.12 bits per heavy atom. The molecule has 88 valence electrons. The Kier molecular flexibility index (Phi) is 4.26. The molecule has 2 heterocycles. The van der Waals surface area contributed by atoms with Gasteiger partial charge >= 0.3 is 0 Å². The van der Waals surface area contributed by atoms with Crippen LogP contribution in [0.1, 0.15) is 12.8 Å². The molecule has 1 atom stereocenters. The molecule has 1 fully saturated rings. The highest BCUT2D eigenvalue weighted by molar-refractivity contribution is 7.84. The fraction of sp³-hybridized carbons (Fsp3) is 0.600. The topological polar surface area (TPSA) is 54.9 Å². The monoisotopic (exact) mass is 259 g/mol. The van der Waals surface area contributed by atoms with E-state index in [-0.39, 0.29) is 0 Å². The minimum Gasteiger partial charge on any atom is -0.317 e. The number of piperidine rings is 1. The summed E-state index contributed by atoms with van der Waals surface area (Å²) in [6.07, 6.45) is 2.18. The number of nitrogens with zero attached hydrogens (tertiary/aromatic N) is 2. The molecule has 1 unspecified atom stereocenters. The summed E-state index contributed by atoms with van der Waals surface area (Å²) in [6.45, 7) is 2.04. The summed E-state index contributed by atoms with van der Waals surface area (Å²) in [4.78, 5) is 0. The van der Waals surface area contributed by atoms with Gasteiger partial charge in [-0.05, 0) is 44.0 Å². The first-order chi connectivity index (χ1) is 7.75. The highest BCUT2D eigenvalue weighted by Gasteiger charge is 2.17. The van der Waals surface area contributed by atoms with Gasteiger partial charge in [0.05, 0.1) is 10.8 Å². The highest BCUT2D eigenvalue weighted by Crippen LogP contribution is 2.16. The van der Waals surface area contributed by atoms with Crippen LogP contribution in [0.25, 0.3) is 0 Å². The van der Waals surface area contributed by atoms with Gasteiger partial charge in [0, 0.05) is 5.75 Å². The number of nitrogens with one attached hydrogen (secondary N) is 1. The lowest BCUT2D eigenvalue weighted by Gasteiger charge is -2.21. The first kappa shape index (κ1) is 12.0. The second kappa shape index (κ2) is 5.70. The average molecular weight is 260 g/mol. The molecule has 0 radical (unpaired) electrons. The zero-order valence-corrected chi connectivity index (χ0v) is 10.4. The fourth-order valence-corrected chi connectivity index (χ4v) is 3.16. The smallest absolute Gasteiger partial charge is 0.151 e. The summed E-state index contributed by atoms with van der Waals surface area (Å²) in [5.41, 5.74) is 0. The quantitative estimate of drug-likeness (QED) is 0.887. The van der Waals surface area contributed by atoms with Crippen LogP contribution in [0.3, 0.4) is 0 Å². The summed E-state index contributed by atoms with van der Waals surface area (Å²) in [5, 5.41) is 11.7. The standard InChI is InChI=1S/C10H14ClN3OS/c11-9-1-2-10(14-13-9)16(15)7-8-3-5-12-6-4-8/h1-2,8,12H,3-7H2. The molecule has 1 aliphatic rings. The van der Waals surface area contributed by atoms with Crippen molar-refractivity contribution in [2.24, 2.45) is 5.92 Å². The van der Waals surface area contributed by atoms with Crippen molar-refractivity contribution in [1.82, 2.24) is 15.5 Å². The molecule has 16 heavy (non-hydrogen) atoms. The molecule has 1 saturated heterocycles. The molecule has 4 nitrogen and oxygen atoms in total. The summed E-state index contributed by atoms with van der Waals surface area (Å²) in [7, 11) is -1.05. The molecule has 0 aromatic carbocycles. The molecule has 1 aromatic rings. The second-order valence-electron chi connectivity index (χ2n) is 3.90. The number of halogens is 1. The van der Waals surface area contributed by atoms with Gasteiger partial charge in [-0.1, -0.05) is 11.6 Å². The maximum absolute atomic E-state index is 12.0. The van der Waals surface area contributed by atoms with Crippen LogP contribution in [-0.4, -0.2) is 33.2 Å². The molecular weight excluding hydrogens is 246 g/mol. The van der Waals surface area contributed by atoms with Crippen molar-refractivity contribution in [2.75, 3.05) is 18.8 Å². The molecule has 1 aromatic heterocycles. The maximum atomic E-state index is 12.0. The van der Waals surface area contributed by atoms with E-state index in [0.29, 0.717) is 21.8 Å². The number of rotatable bonds is 3. The summed E-state index contributed by atoms with van der Waals surface area (Å²) < 4.78 is 12.0. The van der Waals surface area contributed by atoms with Crippen LogP contribution >= 0.6 is 11.6 Å². The summed E-state index contributed by atoms with van der Waals surface area (Å²) in [6, 6.07) is 3.32. The van der Waals surface area contributed by atoms with Crippen LogP contribution < -0.4 is 5.32 Å². The first-order valence-electron chi connectivity index (χ1n) is 5.34. The fourth-order valence-electron chi connectivity index (χ4n) is 1.77. The molecular formula is C10H14ClN3OS. The van der Waals surface area contributed by atoms with E-state index in [1.54, 1.807) is 12.1 Å². The van der Waals surface area contributed by atoms with Crippen LogP contribution in [-0.2, 0) is 10.8 Å². The van der Waals surface area contributed by atoms with Gasteiger partial charge in [-0.25, -0.2) is 0 Å². The van der Waals surface area contributed by atoms with Crippen LogP contribution in [0.4, 0.5) is 0 Å². The van der Waals surface area contributed by atoms with E-state index in [0.717, 1.165) is 25.9 Å². The molecule has 0 aliphatic carbocycles. The minimum atomic E-state index is -1.05. The van der Waals surface area contributed by atoms with E-state index in [2.05, 4.69) is 15.5 Å². The third-order valence-electron chi connectivity index (χ3n) is 2.69. The van der Waals surface area contributed by atoms with Crippen molar-refractivity contribution in [3.63, 3.8) is 0 Å². The summed E-state index contributed by atoms with van der Waals surface area (Å²) in [5.74, 6) is 1.21. The first-order valence-corrected chi connectivity index (χ1v) is 7.04. The molecule has 1 N–H and O–H groups in total. The SMILES string of the molecule is O=S(CC1CCNCC1)c1ccc(Cl)nn1. The normalized spacial score (nSPS) is 19.6. The molecule has 6 heteroatoms. The van der Waals surface area contributed by atoms with Crippen LogP contribution in [0.15, 0.2) is 17.2 Å². The zero-order valence-electron chi connectivity index (χ0n) is 8.86. The van der Waals surface area contributed by atoms with Gasteiger partial charge in [0.2, 0.25) is 0 Å². The van der Waals surface area contributed by atoms with Gasteiger partial charge in [0.15, 0.2) is 5.15 Å². The third kappa shape index (κ3) is 3.23. The number of hydrogen-bond acceptors (Lipinski definition) is 4. The van der Waals surface area contributed by atoms with Gasteiger partial charge < -0.3 is 5.32 Å². The van der Waals surface area contributed by atoms with E-state index in [1.807, 2.05) is 0 Å². The van der Waals surface area contributed by atoms with Gasteiger partial charge in [-0.15, -0.1) is 10.2 Å². The summed E-state index contributed by atoms with van der Waals surface area (Å²) >= 11 is 5.63. The Morgan fingerprint density at radius 1 is 1.38 bits per heavy atom.